The molecule has 0 N–H and O–H groups in total. The fourth-order valence-electron chi connectivity index (χ4n) is 3.26. The van der Waals surface area contributed by atoms with Crippen LogP contribution < -0.4 is 9.64 Å². The number of hydrogen-bond acceptors (Lipinski definition) is 6. The van der Waals surface area contributed by atoms with Crippen molar-refractivity contribution in [1.29, 1.82) is 0 Å². The lowest BCUT2D eigenvalue weighted by Gasteiger charge is -2.56. The maximum atomic E-state index is 13.2. The Kier molecular flexibility index (Phi) is 3.21. The van der Waals surface area contributed by atoms with Crippen molar-refractivity contribution < 1.29 is 13.9 Å². The first-order valence-electron chi connectivity index (χ1n) is 7.54. The van der Waals surface area contributed by atoms with E-state index in [2.05, 4.69) is 20.1 Å². The van der Waals surface area contributed by atoms with E-state index >= 15 is 0 Å². The zero-order chi connectivity index (χ0) is 15.9. The smallest absolute Gasteiger partial charge is 0.282 e. The van der Waals surface area contributed by atoms with Crippen molar-refractivity contribution >= 4 is 12.1 Å². The van der Waals surface area contributed by atoms with Gasteiger partial charge < -0.3 is 9.64 Å². The number of aromatic nitrogens is 3. The van der Waals surface area contributed by atoms with Gasteiger partial charge in [0.1, 0.15) is 17.9 Å². The van der Waals surface area contributed by atoms with Gasteiger partial charge in [-0.25, -0.2) is 9.37 Å². The highest BCUT2D eigenvalue weighted by molar-refractivity contribution is 5.79. The summed E-state index contributed by atoms with van der Waals surface area (Å²) in [5.41, 5.74) is 0.562. The third kappa shape index (κ3) is 2.42. The quantitative estimate of drug-likeness (QED) is 0.808. The predicted octanol–water partition coefficient (Wildman–Crippen LogP) is 2.61. The third-order valence-electron chi connectivity index (χ3n) is 4.64. The van der Waals surface area contributed by atoms with Crippen molar-refractivity contribution in [1.82, 2.24) is 15.2 Å². The highest BCUT2D eigenvalue weighted by Gasteiger charge is 2.48. The minimum atomic E-state index is -0.494. The predicted molar refractivity (Wildman–Crippen MR) is 80.2 cm³/mol. The van der Waals surface area contributed by atoms with Gasteiger partial charge in [0.25, 0.3) is 5.88 Å². The second-order valence-corrected chi connectivity index (χ2v) is 6.20. The fraction of sp³-hybridized carbons (Fsp3) is 0.375. The monoisotopic (exact) mass is 314 g/mol. The van der Waals surface area contributed by atoms with Crippen LogP contribution in [0, 0.1) is 11.2 Å². The molecule has 2 aromatic rings. The van der Waals surface area contributed by atoms with Crippen LogP contribution >= 0.6 is 0 Å². The van der Waals surface area contributed by atoms with E-state index in [4.69, 9.17) is 4.74 Å². The highest BCUT2D eigenvalue weighted by Crippen LogP contribution is 2.50. The minimum absolute atomic E-state index is 0.126. The summed E-state index contributed by atoms with van der Waals surface area (Å²) in [6.45, 7) is 1.87. The molecule has 1 aliphatic carbocycles. The molecule has 23 heavy (non-hydrogen) atoms. The van der Waals surface area contributed by atoms with Gasteiger partial charge in [-0.1, -0.05) is 6.42 Å². The number of carbonyl (C=O) groups is 1. The van der Waals surface area contributed by atoms with Crippen LogP contribution in [0.25, 0.3) is 0 Å². The van der Waals surface area contributed by atoms with Crippen LogP contribution in [0.1, 0.15) is 29.6 Å². The number of halogens is 1. The highest BCUT2D eigenvalue weighted by atomic mass is 19.1. The Morgan fingerprint density at radius 2 is 2.13 bits per heavy atom. The average molecular weight is 314 g/mol. The fourth-order valence-corrected chi connectivity index (χ4v) is 3.26. The Morgan fingerprint density at radius 3 is 2.83 bits per heavy atom. The number of carbonyl (C=O) groups excluding carboxylic acids is 1. The van der Waals surface area contributed by atoms with E-state index in [0.29, 0.717) is 17.5 Å². The van der Waals surface area contributed by atoms with Crippen LogP contribution in [0.15, 0.2) is 24.5 Å². The van der Waals surface area contributed by atoms with Gasteiger partial charge in [0.15, 0.2) is 12.1 Å². The number of nitrogens with zero attached hydrogens (tertiary/aromatic N) is 4. The molecular formula is C16H15FN4O2. The second kappa shape index (κ2) is 5.26. The van der Waals surface area contributed by atoms with Crippen molar-refractivity contribution in [3.63, 3.8) is 0 Å². The number of benzene rings is 1. The molecule has 0 bridgehead atoms. The van der Waals surface area contributed by atoms with E-state index in [-0.39, 0.29) is 17.2 Å². The summed E-state index contributed by atoms with van der Waals surface area (Å²) >= 11 is 0. The molecule has 6 nitrogen and oxygen atoms in total. The lowest BCUT2D eigenvalue weighted by Crippen LogP contribution is -2.60. The number of hydrogen-bond donors (Lipinski definition) is 0. The third-order valence-corrected chi connectivity index (χ3v) is 4.64. The lowest BCUT2D eigenvalue weighted by molar-refractivity contribution is 0.0890. The standard InChI is InChI=1S/C16H15FN4O2/c17-12-2-3-13(11(6-12)7-22)23-15-14(18-10-19-20-15)21-8-16(9-21)4-1-5-16/h2-3,6-7,10H,1,4-5,8-9H2. The first-order valence-corrected chi connectivity index (χ1v) is 7.54. The summed E-state index contributed by atoms with van der Waals surface area (Å²) in [5.74, 6) is 0.588. The molecule has 1 aromatic heterocycles. The van der Waals surface area contributed by atoms with Crippen LogP contribution in [0.3, 0.4) is 0 Å². The molecule has 118 valence electrons. The molecule has 2 heterocycles. The normalized spacial score (nSPS) is 18.2. The van der Waals surface area contributed by atoms with Gasteiger partial charge in [0.05, 0.1) is 5.56 Å². The van der Waals surface area contributed by atoms with Crippen LogP contribution in [0.4, 0.5) is 10.2 Å². The Balaban J connectivity index is 1.59. The van der Waals surface area contributed by atoms with Gasteiger partial charge in [0.2, 0.25) is 0 Å². The number of rotatable bonds is 4. The van der Waals surface area contributed by atoms with Gasteiger partial charge >= 0.3 is 0 Å². The largest absolute Gasteiger partial charge is 0.434 e. The van der Waals surface area contributed by atoms with Crippen LogP contribution in [0.2, 0.25) is 0 Å². The summed E-state index contributed by atoms with van der Waals surface area (Å²) in [6, 6.07) is 3.76. The van der Waals surface area contributed by atoms with E-state index in [1.165, 1.54) is 37.7 Å². The molecular weight excluding hydrogens is 299 g/mol. The topological polar surface area (TPSA) is 68.2 Å². The van der Waals surface area contributed by atoms with Crippen LogP contribution in [-0.2, 0) is 0 Å². The Hall–Kier alpha value is -2.57. The van der Waals surface area contributed by atoms with Gasteiger partial charge in [-0.2, -0.15) is 0 Å². The minimum Gasteiger partial charge on any atom is -0.434 e. The molecule has 0 radical (unpaired) electrons. The van der Waals surface area contributed by atoms with Crippen LogP contribution in [-0.4, -0.2) is 34.6 Å². The van der Waals surface area contributed by atoms with Crippen LogP contribution in [0.5, 0.6) is 11.6 Å². The Morgan fingerprint density at radius 1 is 1.30 bits per heavy atom. The molecule has 2 fully saturated rings. The molecule has 2 aliphatic rings. The number of anilines is 1. The number of ether oxygens (including phenoxy) is 1. The van der Waals surface area contributed by atoms with Gasteiger partial charge in [0, 0.05) is 18.5 Å². The Labute approximate surface area is 132 Å². The van der Waals surface area contributed by atoms with Crippen molar-refractivity contribution in [2.24, 2.45) is 5.41 Å². The first-order chi connectivity index (χ1) is 11.2. The van der Waals surface area contributed by atoms with Gasteiger partial charge in [-0.15, -0.1) is 10.2 Å². The summed E-state index contributed by atoms with van der Waals surface area (Å²) in [7, 11) is 0. The average Bonchev–Trinajstić information content (AvgIpc) is 2.47. The summed E-state index contributed by atoms with van der Waals surface area (Å²) in [5, 5.41) is 7.73. The maximum absolute atomic E-state index is 13.2. The molecule has 4 rings (SSSR count). The summed E-state index contributed by atoms with van der Waals surface area (Å²) in [4.78, 5) is 17.4. The van der Waals surface area contributed by atoms with E-state index in [0.717, 1.165) is 19.2 Å². The first kappa shape index (κ1) is 14.0. The second-order valence-electron chi connectivity index (χ2n) is 6.20. The SMILES string of the molecule is O=Cc1cc(F)ccc1Oc1nncnc1N1CC2(CCC2)C1. The number of aldehydes is 1. The van der Waals surface area contributed by atoms with E-state index in [1.54, 1.807) is 0 Å². The Bertz CT molecular complexity index is 755. The molecule has 1 saturated carbocycles. The zero-order valence-corrected chi connectivity index (χ0v) is 12.4. The summed E-state index contributed by atoms with van der Waals surface area (Å²) < 4.78 is 18.9. The van der Waals surface area contributed by atoms with Crippen molar-refractivity contribution in [3.05, 3.63) is 35.9 Å². The molecule has 7 heteroatoms. The molecule has 1 aliphatic heterocycles. The van der Waals surface area contributed by atoms with Crippen molar-refractivity contribution in [2.75, 3.05) is 18.0 Å². The van der Waals surface area contributed by atoms with Crippen molar-refractivity contribution in [3.8, 4) is 11.6 Å². The van der Waals surface area contributed by atoms with Gasteiger partial charge in [-0.05, 0) is 31.0 Å². The zero-order valence-electron chi connectivity index (χ0n) is 12.4. The lowest BCUT2D eigenvalue weighted by atomic mass is 9.63. The maximum Gasteiger partial charge on any atom is 0.282 e. The van der Waals surface area contributed by atoms with E-state index in [1.807, 2.05) is 0 Å². The molecule has 1 spiro atoms. The molecule has 0 atom stereocenters. The molecule has 0 amide bonds. The molecule has 0 unspecified atom stereocenters. The van der Waals surface area contributed by atoms with E-state index < -0.39 is 5.82 Å². The molecule has 1 saturated heterocycles. The van der Waals surface area contributed by atoms with Crippen molar-refractivity contribution in [2.45, 2.75) is 19.3 Å². The van der Waals surface area contributed by atoms with E-state index in [9.17, 15) is 9.18 Å². The van der Waals surface area contributed by atoms with Gasteiger partial charge in [-0.3, -0.25) is 4.79 Å². The summed E-state index contributed by atoms with van der Waals surface area (Å²) in [6.07, 6.45) is 5.72. The molecule has 1 aromatic carbocycles.